The number of rotatable bonds is 4. The number of benzene rings is 2. The predicted molar refractivity (Wildman–Crippen MR) is 138 cm³/mol. The van der Waals surface area contributed by atoms with Crippen LogP contribution in [0.1, 0.15) is 49.4 Å². The molecule has 0 bridgehead atoms. The van der Waals surface area contributed by atoms with Crippen molar-refractivity contribution in [3.63, 3.8) is 0 Å². The highest BCUT2D eigenvalue weighted by Gasteiger charge is 2.29. The first kappa shape index (κ1) is 24.1. The molecule has 2 aromatic rings. The second kappa shape index (κ2) is 11.3. The van der Waals surface area contributed by atoms with Crippen LogP contribution in [0.25, 0.3) is 6.08 Å². The van der Waals surface area contributed by atoms with Crippen molar-refractivity contribution in [2.75, 3.05) is 18.0 Å². The van der Waals surface area contributed by atoms with Gasteiger partial charge in [-0.15, -0.1) is 0 Å². The quantitative estimate of drug-likeness (QED) is 0.515. The van der Waals surface area contributed by atoms with Gasteiger partial charge in [0.05, 0.1) is 11.4 Å². The molecule has 0 saturated heterocycles. The average Bonchev–Trinajstić information content (AvgIpc) is 3.00. The number of nitroso groups, excluding NO2 is 1. The maximum atomic E-state index is 13.3. The van der Waals surface area contributed by atoms with E-state index in [9.17, 15) is 9.70 Å². The van der Waals surface area contributed by atoms with Crippen LogP contribution in [0.2, 0.25) is 0 Å². The molecule has 4 rings (SSSR count). The molecule has 0 radical (unpaired) electrons. The summed E-state index contributed by atoms with van der Waals surface area (Å²) in [7, 11) is 0. The number of hydrogen-bond acceptors (Lipinski definition) is 4. The molecule has 1 aliphatic carbocycles. The molecule has 5 nitrogen and oxygen atoms in total. The molecule has 1 heterocycles. The molecule has 0 N–H and O–H groups in total. The fourth-order valence-electron chi connectivity index (χ4n) is 4.09. The second-order valence-corrected chi connectivity index (χ2v) is 7.69. The minimum Gasteiger partial charge on any atom is -0.279 e. The van der Waals surface area contributed by atoms with E-state index in [1.54, 1.807) is 11.0 Å². The first-order valence-corrected chi connectivity index (χ1v) is 11.5. The Hall–Kier alpha value is -3.60. The standard InChI is InChI=1S/C26H25N3O2.C2H6/c1-3-24-23(14-15-28-31)26(20-10-8-18(2)9-11-20)27-17-25(30)29(24)22-13-12-19-6-4-5-7-21(19)16-22;1-2/h3,5,7-14,16H,4,6,15,17H2,1-2H3;1-2H3/b23-14+,24-3+;. The Balaban J connectivity index is 0.00000149. The SMILES string of the molecule is C/C=C1\C(=C/CN=O)C(c2ccc(C)cc2)=NCC(=O)N1c1ccc2c(c1)C=CCC2.CC. The molecule has 33 heavy (non-hydrogen) atoms. The molecule has 0 aromatic heterocycles. The Morgan fingerprint density at radius 1 is 1.12 bits per heavy atom. The van der Waals surface area contributed by atoms with E-state index >= 15 is 0 Å². The maximum Gasteiger partial charge on any atom is 0.253 e. The molecule has 0 atom stereocenters. The first-order valence-electron chi connectivity index (χ1n) is 11.5. The Morgan fingerprint density at radius 2 is 1.88 bits per heavy atom. The van der Waals surface area contributed by atoms with Gasteiger partial charge in [0.25, 0.3) is 5.91 Å². The third-order valence-electron chi connectivity index (χ3n) is 5.63. The summed E-state index contributed by atoms with van der Waals surface area (Å²) in [5.41, 5.74) is 7.42. The molecule has 1 amide bonds. The number of allylic oxidation sites excluding steroid dienone is 3. The number of amides is 1. The molecular weight excluding hydrogens is 410 g/mol. The third-order valence-corrected chi connectivity index (χ3v) is 5.63. The normalized spacial score (nSPS) is 17.8. The number of carbonyl (C=O) groups excluding carboxylic acids is 1. The second-order valence-electron chi connectivity index (χ2n) is 7.69. The molecule has 0 saturated carbocycles. The van der Waals surface area contributed by atoms with Crippen molar-refractivity contribution >= 4 is 23.4 Å². The van der Waals surface area contributed by atoms with Crippen LogP contribution in [0, 0.1) is 11.8 Å². The molecule has 5 heteroatoms. The lowest BCUT2D eigenvalue weighted by Gasteiger charge is -2.26. The van der Waals surface area contributed by atoms with Gasteiger partial charge in [-0.05, 0) is 56.0 Å². The summed E-state index contributed by atoms with van der Waals surface area (Å²) >= 11 is 0. The molecule has 0 fully saturated rings. The zero-order chi connectivity index (χ0) is 23.8. The van der Waals surface area contributed by atoms with E-state index in [0.29, 0.717) is 11.4 Å². The number of carbonyl (C=O) groups is 1. The van der Waals surface area contributed by atoms with Gasteiger partial charge in [-0.25, -0.2) is 0 Å². The van der Waals surface area contributed by atoms with Crippen molar-refractivity contribution in [2.45, 2.75) is 40.5 Å². The number of aryl methyl sites for hydroxylation is 2. The fourth-order valence-corrected chi connectivity index (χ4v) is 4.09. The highest BCUT2D eigenvalue weighted by atomic mass is 16.3. The molecule has 1 aliphatic heterocycles. The lowest BCUT2D eigenvalue weighted by Crippen LogP contribution is -2.32. The van der Waals surface area contributed by atoms with Gasteiger partial charge in [0.2, 0.25) is 0 Å². The van der Waals surface area contributed by atoms with Crippen LogP contribution < -0.4 is 4.90 Å². The monoisotopic (exact) mass is 441 g/mol. The van der Waals surface area contributed by atoms with Crippen LogP contribution in [0.15, 0.2) is 82.1 Å². The first-order chi connectivity index (χ1) is 16.1. The van der Waals surface area contributed by atoms with Crippen molar-refractivity contribution in [3.05, 3.63) is 99.1 Å². The van der Waals surface area contributed by atoms with Gasteiger partial charge in [0, 0.05) is 16.8 Å². The van der Waals surface area contributed by atoms with Crippen LogP contribution in [-0.4, -0.2) is 24.7 Å². The number of aliphatic imine (C=N–C) groups is 1. The summed E-state index contributed by atoms with van der Waals surface area (Å²) in [4.78, 5) is 30.6. The predicted octanol–water partition coefficient (Wildman–Crippen LogP) is 6.41. The minimum atomic E-state index is -0.111. The smallest absolute Gasteiger partial charge is 0.253 e. The Kier molecular flexibility index (Phi) is 8.25. The van der Waals surface area contributed by atoms with Gasteiger partial charge in [-0.3, -0.25) is 14.7 Å². The van der Waals surface area contributed by atoms with E-state index in [4.69, 9.17) is 0 Å². The number of fused-ring (bicyclic) bond motifs is 1. The van der Waals surface area contributed by atoms with Crippen molar-refractivity contribution < 1.29 is 4.79 Å². The van der Waals surface area contributed by atoms with Gasteiger partial charge >= 0.3 is 0 Å². The van der Waals surface area contributed by atoms with Crippen LogP contribution in [0.4, 0.5) is 5.69 Å². The summed E-state index contributed by atoms with van der Waals surface area (Å²) in [5, 5.41) is 3.02. The highest BCUT2D eigenvalue weighted by Crippen LogP contribution is 2.32. The average molecular weight is 442 g/mol. The number of hydrogen-bond donors (Lipinski definition) is 0. The van der Waals surface area contributed by atoms with Crippen molar-refractivity contribution in [2.24, 2.45) is 10.2 Å². The largest absolute Gasteiger partial charge is 0.279 e. The van der Waals surface area contributed by atoms with Gasteiger partial charge in [0.15, 0.2) is 0 Å². The molecule has 2 aliphatic rings. The van der Waals surface area contributed by atoms with Gasteiger partial charge in [-0.2, -0.15) is 4.91 Å². The minimum absolute atomic E-state index is 0.00646. The Morgan fingerprint density at radius 3 is 2.58 bits per heavy atom. The van der Waals surface area contributed by atoms with E-state index < -0.39 is 0 Å². The van der Waals surface area contributed by atoms with Crippen molar-refractivity contribution in [3.8, 4) is 0 Å². The summed E-state index contributed by atoms with van der Waals surface area (Å²) in [6, 6.07) is 14.2. The molecule has 170 valence electrons. The summed E-state index contributed by atoms with van der Waals surface area (Å²) in [5.74, 6) is -0.111. The van der Waals surface area contributed by atoms with Gasteiger partial charge in [-0.1, -0.05) is 73.1 Å². The van der Waals surface area contributed by atoms with Crippen LogP contribution >= 0.6 is 0 Å². The van der Waals surface area contributed by atoms with E-state index in [1.165, 1.54) is 5.56 Å². The van der Waals surface area contributed by atoms with Gasteiger partial charge < -0.3 is 0 Å². The maximum absolute atomic E-state index is 13.3. The zero-order valence-corrected chi connectivity index (χ0v) is 19.8. The van der Waals surface area contributed by atoms with Crippen molar-refractivity contribution in [1.29, 1.82) is 0 Å². The van der Waals surface area contributed by atoms with Gasteiger partial charge in [0.1, 0.15) is 13.1 Å². The van der Waals surface area contributed by atoms with E-state index in [2.05, 4.69) is 34.5 Å². The van der Waals surface area contributed by atoms with Crippen molar-refractivity contribution in [1.82, 2.24) is 0 Å². The molecule has 0 unspecified atom stereocenters. The lowest BCUT2D eigenvalue weighted by molar-refractivity contribution is -0.116. The molecular formula is C28H31N3O2. The summed E-state index contributed by atoms with van der Waals surface area (Å²) in [6.45, 7) is 7.96. The fraction of sp³-hybridized carbons (Fsp3) is 0.286. The van der Waals surface area contributed by atoms with Crippen LogP contribution in [-0.2, 0) is 11.2 Å². The van der Waals surface area contributed by atoms with Crippen LogP contribution in [0.3, 0.4) is 0 Å². The lowest BCUT2D eigenvalue weighted by atomic mass is 9.95. The summed E-state index contributed by atoms with van der Waals surface area (Å²) < 4.78 is 0. The topological polar surface area (TPSA) is 62.1 Å². The van der Waals surface area contributed by atoms with E-state index in [0.717, 1.165) is 40.8 Å². The Bertz CT molecular complexity index is 1140. The van der Waals surface area contributed by atoms with E-state index in [1.807, 2.05) is 64.1 Å². The third kappa shape index (κ3) is 5.25. The molecule has 0 spiro atoms. The van der Waals surface area contributed by atoms with Crippen LogP contribution in [0.5, 0.6) is 0 Å². The molecule has 2 aromatic carbocycles. The zero-order valence-electron chi connectivity index (χ0n) is 19.8. The highest BCUT2D eigenvalue weighted by molar-refractivity contribution is 6.19. The number of anilines is 1. The Labute approximate surface area is 196 Å². The summed E-state index contributed by atoms with van der Waals surface area (Å²) in [6.07, 6.45) is 9.97. The van der Waals surface area contributed by atoms with E-state index in [-0.39, 0.29) is 19.0 Å². The number of nitrogens with zero attached hydrogens (tertiary/aromatic N) is 3.